The molecule has 1 aliphatic rings. The molecule has 5 nitrogen and oxygen atoms in total. The number of rotatable bonds is 7. The zero-order valence-electron chi connectivity index (χ0n) is 14.1. The second kappa shape index (κ2) is 8.82. The Kier molecular flexibility index (Phi) is 6.78. The lowest BCUT2D eigenvalue weighted by atomic mass is 10.2. The van der Waals surface area contributed by atoms with Gasteiger partial charge in [-0.25, -0.2) is 0 Å². The molecule has 25 heavy (non-hydrogen) atoms. The summed E-state index contributed by atoms with van der Waals surface area (Å²) in [5.41, 5.74) is 2.20. The summed E-state index contributed by atoms with van der Waals surface area (Å²) >= 11 is 6.17. The minimum absolute atomic E-state index is 0.274. The van der Waals surface area contributed by atoms with Crippen LogP contribution in [0, 0.1) is 0 Å². The van der Waals surface area contributed by atoms with Crippen LogP contribution >= 0.6 is 24.0 Å². The molecule has 0 aliphatic carbocycles. The molecular formula is C18H20N2O3S2. The molecule has 0 radical (unpaired) electrons. The van der Waals surface area contributed by atoms with Crippen LogP contribution in [0.25, 0.3) is 6.08 Å². The fraction of sp³-hybridized carbons (Fsp3) is 0.278. The predicted molar refractivity (Wildman–Crippen MR) is 107 cm³/mol. The second-order valence-corrected chi connectivity index (χ2v) is 6.98. The van der Waals surface area contributed by atoms with Gasteiger partial charge in [-0.05, 0) is 37.6 Å². The SMILES string of the molecule is CCN(CC)c1ccc(/C=C/C=C2/SC(=S)N(CC(=O)O)C2=O)cc1. The molecule has 1 aromatic rings. The number of nitrogens with zero attached hydrogens (tertiary/aromatic N) is 2. The third-order valence-corrected chi connectivity index (χ3v) is 5.12. The number of benzene rings is 1. The molecule has 1 saturated heterocycles. The first-order valence-electron chi connectivity index (χ1n) is 7.95. The zero-order chi connectivity index (χ0) is 18.4. The Morgan fingerprint density at radius 1 is 1.28 bits per heavy atom. The highest BCUT2D eigenvalue weighted by molar-refractivity contribution is 8.26. The van der Waals surface area contributed by atoms with Gasteiger partial charge in [0.25, 0.3) is 5.91 Å². The van der Waals surface area contributed by atoms with Crippen molar-refractivity contribution in [2.24, 2.45) is 0 Å². The normalized spacial score (nSPS) is 16.2. The molecule has 132 valence electrons. The van der Waals surface area contributed by atoms with E-state index >= 15 is 0 Å². The van der Waals surface area contributed by atoms with E-state index in [4.69, 9.17) is 17.3 Å². The molecule has 1 aromatic carbocycles. The zero-order valence-corrected chi connectivity index (χ0v) is 15.8. The van der Waals surface area contributed by atoms with Gasteiger partial charge in [0.1, 0.15) is 10.9 Å². The van der Waals surface area contributed by atoms with Crippen molar-refractivity contribution in [3.05, 3.63) is 46.9 Å². The van der Waals surface area contributed by atoms with Crippen LogP contribution in [0.3, 0.4) is 0 Å². The van der Waals surface area contributed by atoms with Crippen LogP contribution in [0.2, 0.25) is 0 Å². The molecule has 1 heterocycles. The number of carbonyl (C=O) groups excluding carboxylic acids is 1. The van der Waals surface area contributed by atoms with Crippen LogP contribution in [0.4, 0.5) is 5.69 Å². The quantitative estimate of drug-likeness (QED) is 0.582. The van der Waals surface area contributed by atoms with Gasteiger partial charge in [-0.3, -0.25) is 14.5 Å². The van der Waals surface area contributed by atoms with E-state index in [2.05, 4.69) is 30.9 Å². The Morgan fingerprint density at radius 3 is 2.48 bits per heavy atom. The Morgan fingerprint density at radius 2 is 1.92 bits per heavy atom. The van der Waals surface area contributed by atoms with E-state index in [1.807, 2.05) is 18.2 Å². The van der Waals surface area contributed by atoms with E-state index in [0.717, 1.165) is 35.3 Å². The highest BCUT2D eigenvalue weighted by Crippen LogP contribution is 2.30. The fourth-order valence-electron chi connectivity index (χ4n) is 2.42. The number of carboxylic acid groups (broad SMARTS) is 1. The maximum absolute atomic E-state index is 12.1. The molecule has 1 aliphatic heterocycles. The maximum Gasteiger partial charge on any atom is 0.323 e. The molecule has 0 spiro atoms. The van der Waals surface area contributed by atoms with Gasteiger partial charge in [-0.1, -0.05) is 48.3 Å². The van der Waals surface area contributed by atoms with Gasteiger partial charge in [0.15, 0.2) is 0 Å². The Bertz CT molecular complexity index is 722. The van der Waals surface area contributed by atoms with Crippen LogP contribution in [0.1, 0.15) is 19.4 Å². The van der Waals surface area contributed by atoms with Gasteiger partial charge in [0, 0.05) is 18.8 Å². The summed E-state index contributed by atoms with van der Waals surface area (Å²) < 4.78 is 0.274. The van der Waals surface area contributed by atoms with Gasteiger partial charge in [0.2, 0.25) is 0 Å². The Balaban J connectivity index is 2.05. The molecule has 1 amide bonds. The van der Waals surface area contributed by atoms with Gasteiger partial charge in [-0.15, -0.1) is 0 Å². The van der Waals surface area contributed by atoms with Crippen molar-refractivity contribution in [1.29, 1.82) is 0 Å². The average molecular weight is 377 g/mol. The number of aliphatic carboxylic acids is 1. The molecule has 7 heteroatoms. The molecule has 0 saturated carbocycles. The van der Waals surface area contributed by atoms with E-state index in [1.165, 1.54) is 5.69 Å². The number of hydrogen-bond acceptors (Lipinski definition) is 5. The van der Waals surface area contributed by atoms with Crippen molar-refractivity contribution in [3.8, 4) is 0 Å². The van der Waals surface area contributed by atoms with Crippen LogP contribution in [-0.2, 0) is 9.59 Å². The molecular weight excluding hydrogens is 356 g/mol. The predicted octanol–water partition coefficient (Wildman–Crippen LogP) is 3.37. The first kappa shape index (κ1) is 19.2. The summed E-state index contributed by atoms with van der Waals surface area (Å²) in [5, 5.41) is 8.82. The average Bonchev–Trinajstić information content (AvgIpc) is 2.84. The standard InChI is InChI=1S/C18H20N2O3S2/c1-3-19(4-2)14-10-8-13(9-11-14)6-5-7-15-17(23)20(12-16(21)22)18(24)25-15/h5-11H,3-4,12H2,1-2H3,(H,21,22)/b6-5+,15-7+. The highest BCUT2D eigenvalue weighted by Gasteiger charge is 2.32. The number of amides is 1. The monoisotopic (exact) mass is 376 g/mol. The highest BCUT2D eigenvalue weighted by atomic mass is 32.2. The third-order valence-electron chi connectivity index (χ3n) is 3.72. The number of carboxylic acids is 1. The summed E-state index contributed by atoms with van der Waals surface area (Å²) in [6.45, 7) is 5.77. The van der Waals surface area contributed by atoms with Crippen molar-refractivity contribution >= 4 is 51.9 Å². The molecule has 0 bridgehead atoms. The summed E-state index contributed by atoms with van der Waals surface area (Å²) in [6, 6.07) is 8.18. The Hall–Kier alpha value is -2.12. The van der Waals surface area contributed by atoms with E-state index in [-0.39, 0.29) is 10.2 Å². The lowest BCUT2D eigenvalue weighted by molar-refractivity contribution is -0.140. The molecule has 1 fully saturated rings. The lowest BCUT2D eigenvalue weighted by Gasteiger charge is -2.20. The number of hydrogen-bond donors (Lipinski definition) is 1. The topological polar surface area (TPSA) is 60.9 Å². The maximum atomic E-state index is 12.1. The van der Waals surface area contributed by atoms with E-state index in [0.29, 0.717) is 4.91 Å². The van der Waals surface area contributed by atoms with Crippen molar-refractivity contribution in [1.82, 2.24) is 4.90 Å². The first-order valence-corrected chi connectivity index (χ1v) is 9.17. The fourth-order valence-corrected chi connectivity index (χ4v) is 3.62. The molecule has 0 unspecified atom stereocenters. The third kappa shape index (κ3) is 4.93. The van der Waals surface area contributed by atoms with Crippen LogP contribution in [0.15, 0.2) is 41.3 Å². The van der Waals surface area contributed by atoms with Gasteiger partial charge in [-0.2, -0.15) is 0 Å². The number of anilines is 1. The molecule has 0 aromatic heterocycles. The van der Waals surface area contributed by atoms with Crippen molar-refractivity contribution in [2.75, 3.05) is 24.5 Å². The smallest absolute Gasteiger partial charge is 0.323 e. The number of allylic oxidation sites excluding steroid dienone is 2. The lowest BCUT2D eigenvalue weighted by Crippen LogP contribution is -2.33. The molecule has 2 rings (SSSR count). The van der Waals surface area contributed by atoms with Crippen LogP contribution in [0.5, 0.6) is 0 Å². The first-order chi connectivity index (χ1) is 12.0. The van der Waals surface area contributed by atoms with Gasteiger partial charge in [0.05, 0.1) is 4.91 Å². The number of thiocarbonyl (C=S) groups is 1. The summed E-state index contributed by atoms with van der Waals surface area (Å²) in [6.07, 6.45) is 5.34. The van der Waals surface area contributed by atoms with Crippen molar-refractivity contribution in [2.45, 2.75) is 13.8 Å². The molecule has 0 atom stereocenters. The van der Waals surface area contributed by atoms with E-state index in [1.54, 1.807) is 12.2 Å². The number of carbonyl (C=O) groups is 2. The van der Waals surface area contributed by atoms with Crippen molar-refractivity contribution < 1.29 is 14.7 Å². The minimum Gasteiger partial charge on any atom is -0.480 e. The Labute approximate surface area is 157 Å². The summed E-state index contributed by atoms with van der Waals surface area (Å²) in [4.78, 5) is 26.7. The summed E-state index contributed by atoms with van der Waals surface area (Å²) in [7, 11) is 0. The van der Waals surface area contributed by atoms with E-state index < -0.39 is 12.5 Å². The second-order valence-electron chi connectivity index (χ2n) is 5.31. The largest absolute Gasteiger partial charge is 0.480 e. The molecule has 1 N–H and O–H groups in total. The van der Waals surface area contributed by atoms with Crippen LogP contribution < -0.4 is 4.90 Å². The van der Waals surface area contributed by atoms with Crippen molar-refractivity contribution in [3.63, 3.8) is 0 Å². The van der Waals surface area contributed by atoms with Crippen LogP contribution in [-0.4, -0.2) is 45.8 Å². The minimum atomic E-state index is -1.08. The van der Waals surface area contributed by atoms with Gasteiger partial charge >= 0.3 is 5.97 Å². The van der Waals surface area contributed by atoms with Gasteiger partial charge < -0.3 is 10.0 Å². The summed E-state index contributed by atoms with van der Waals surface area (Å²) in [5.74, 6) is -1.44. The number of thioether (sulfide) groups is 1. The van der Waals surface area contributed by atoms with E-state index in [9.17, 15) is 9.59 Å².